The van der Waals surface area contributed by atoms with Crippen molar-refractivity contribution in [1.29, 1.82) is 0 Å². The van der Waals surface area contributed by atoms with E-state index in [1.165, 1.54) is 0 Å². The lowest BCUT2D eigenvalue weighted by Gasteiger charge is -2.17. The largest absolute Gasteiger partial charge is 0.481 e. The first-order chi connectivity index (χ1) is 13.3. The zero-order chi connectivity index (χ0) is 20.3. The van der Waals surface area contributed by atoms with Crippen LogP contribution in [0.5, 0.6) is 0 Å². The number of aliphatic carboxylic acids is 1. The molecule has 0 saturated carbocycles. The average molecular weight is 383 g/mol. The average Bonchev–Trinajstić information content (AvgIpc) is 3.08. The molecule has 0 radical (unpaired) electrons. The fourth-order valence-electron chi connectivity index (χ4n) is 3.75. The Bertz CT molecular complexity index is 934. The van der Waals surface area contributed by atoms with Crippen LogP contribution in [-0.2, 0) is 28.9 Å². The summed E-state index contributed by atoms with van der Waals surface area (Å²) in [7, 11) is 0. The summed E-state index contributed by atoms with van der Waals surface area (Å²) in [6.07, 6.45) is 1.87. The van der Waals surface area contributed by atoms with Crippen molar-refractivity contribution in [1.82, 2.24) is 14.9 Å². The molecule has 0 bridgehead atoms. The van der Waals surface area contributed by atoms with Crippen LogP contribution in [0.25, 0.3) is 0 Å². The Kier molecular flexibility index (Phi) is 5.92. The zero-order valence-electron chi connectivity index (χ0n) is 16.2. The first-order valence-electron chi connectivity index (χ1n) is 9.45. The summed E-state index contributed by atoms with van der Waals surface area (Å²) in [6.45, 7) is 4.84. The van der Waals surface area contributed by atoms with E-state index in [1.807, 2.05) is 29.2 Å². The molecule has 3 rings (SSSR count). The van der Waals surface area contributed by atoms with Crippen molar-refractivity contribution in [2.75, 3.05) is 13.1 Å². The van der Waals surface area contributed by atoms with Gasteiger partial charge in [0.2, 0.25) is 5.91 Å². The summed E-state index contributed by atoms with van der Waals surface area (Å²) in [6, 6.07) is 7.62. The van der Waals surface area contributed by atoms with Gasteiger partial charge in [0.05, 0.1) is 12.8 Å². The predicted molar refractivity (Wildman–Crippen MR) is 104 cm³/mol. The number of aromatic nitrogens is 2. The molecular weight excluding hydrogens is 358 g/mol. The molecule has 0 aliphatic carbocycles. The van der Waals surface area contributed by atoms with E-state index in [0.29, 0.717) is 36.1 Å². The monoisotopic (exact) mass is 383 g/mol. The van der Waals surface area contributed by atoms with Gasteiger partial charge in [-0.3, -0.25) is 14.4 Å². The van der Waals surface area contributed by atoms with E-state index in [1.54, 1.807) is 13.8 Å². The minimum Gasteiger partial charge on any atom is -0.481 e. The second-order valence-electron chi connectivity index (χ2n) is 7.48. The number of carbonyl (C=O) groups is 2. The smallest absolute Gasteiger partial charge is 0.307 e. The minimum atomic E-state index is -0.837. The number of aromatic amines is 1. The summed E-state index contributed by atoms with van der Waals surface area (Å²) in [5.74, 6) is 0.0354. The molecule has 1 aliphatic rings. The van der Waals surface area contributed by atoms with Crippen molar-refractivity contribution in [3.8, 4) is 0 Å². The van der Waals surface area contributed by atoms with Gasteiger partial charge in [0, 0.05) is 24.3 Å². The molecule has 1 amide bonds. The number of carboxylic acid groups (broad SMARTS) is 1. The van der Waals surface area contributed by atoms with Crippen molar-refractivity contribution in [2.24, 2.45) is 5.92 Å². The van der Waals surface area contributed by atoms with Crippen LogP contribution in [0.1, 0.15) is 34.6 Å². The highest BCUT2D eigenvalue weighted by Crippen LogP contribution is 2.22. The third-order valence-corrected chi connectivity index (χ3v) is 5.21. The molecule has 1 unspecified atom stereocenters. The van der Waals surface area contributed by atoms with Crippen LogP contribution >= 0.6 is 0 Å². The Labute approximate surface area is 163 Å². The number of H-pyrrole nitrogens is 1. The number of amides is 1. The Morgan fingerprint density at radius 3 is 2.50 bits per heavy atom. The van der Waals surface area contributed by atoms with E-state index >= 15 is 0 Å². The number of hydrogen-bond donors (Lipinski definition) is 2. The Balaban J connectivity index is 1.57. The van der Waals surface area contributed by atoms with E-state index in [0.717, 1.165) is 24.0 Å². The van der Waals surface area contributed by atoms with E-state index in [-0.39, 0.29) is 24.3 Å². The summed E-state index contributed by atoms with van der Waals surface area (Å²) in [4.78, 5) is 44.2. The van der Waals surface area contributed by atoms with E-state index < -0.39 is 5.97 Å². The van der Waals surface area contributed by atoms with Crippen molar-refractivity contribution in [2.45, 2.75) is 39.5 Å². The highest BCUT2D eigenvalue weighted by atomic mass is 16.4. The number of carbonyl (C=O) groups excluding carboxylic acids is 1. The van der Waals surface area contributed by atoms with Crippen LogP contribution in [-0.4, -0.2) is 44.9 Å². The third-order valence-electron chi connectivity index (χ3n) is 5.21. The molecule has 2 N–H and O–H groups in total. The predicted octanol–water partition coefficient (Wildman–Crippen LogP) is 1.65. The second kappa shape index (κ2) is 8.37. The highest BCUT2D eigenvalue weighted by Gasteiger charge is 2.27. The summed E-state index contributed by atoms with van der Waals surface area (Å²) in [5.41, 5.74) is 2.73. The summed E-state index contributed by atoms with van der Waals surface area (Å²) < 4.78 is 0. The van der Waals surface area contributed by atoms with Gasteiger partial charge >= 0.3 is 5.97 Å². The first-order valence-corrected chi connectivity index (χ1v) is 9.45. The van der Waals surface area contributed by atoms with Gasteiger partial charge in [0.15, 0.2) is 0 Å². The van der Waals surface area contributed by atoms with Gasteiger partial charge in [-0.15, -0.1) is 0 Å². The number of aryl methyl sites for hydroxylation is 2. The maximum atomic E-state index is 12.6. The molecule has 2 aromatic rings. The maximum Gasteiger partial charge on any atom is 0.307 e. The molecule has 2 heterocycles. The van der Waals surface area contributed by atoms with Crippen LogP contribution in [0.2, 0.25) is 0 Å². The van der Waals surface area contributed by atoms with Gasteiger partial charge in [-0.05, 0) is 43.7 Å². The van der Waals surface area contributed by atoms with Gasteiger partial charge < -0.3 is 15.0 Å². The van der Waals surface area contributed by atoms with Gasteiger partial charge in [0.25, 0.3) is 5.56 Å². The number of benzene rings is 1. The lowest BCUT2D eigenvalue weighted by molar-refractivity contribution is -0.136. The molecule has 1 saturated heterocycles. The second-order valence-corrected chi connectivity index (χ2v) is 7.48. The van der Waals surface area contributed by atoms with Gasteiger partial charge in [-0.2, -0.15) is 0 Å². The van der Waals surface area contributed by atoms with Crippen LogP contribution in [0.3, 0.4) is 0 Å². The Morgan fingerprint density at radius 2 is 1.86 bits per heavy atom. The fourth-order valence-corrected chi connectivity index (χ4v) is 3.75. The molecule has 7 heteroatoms. The van der Waals surface area contributed by atoms with Crippen molar-refractivity contribution in [3.63, 3.8) is 0 Å². The number of nitrogens with one attached hydrogen (secondary N) is 1. The van der Waals surface area contributed by atoms with Crippen LogP contribution in [0.4, 0.5) is 0 Å². The lowest BCUT2D eigenvalue weighted by Crippen LogP contribution is -2.32. The Hall–Kier alpha value is -2.96. The van der Waals surface area contributed by atoms with Gasteiger partial charge in [-0.1, -0.05) is 24.3 Å². The van der Waals surface area contributed by atoms with Gasteiger partial charge in [0.1, 0.15) is 5.82 Å². The first kappa shape index (κ1) is 19.8. The minimum absolute atomic E-state index is 0.0262. The molecule has 1 atom stereocenters. The summed E-state index contributed by atoms with van der Waals surface area (Å²) in [5, 5.41) is 8.84. The lowest BCUT2D eigenvalue weighted by atomic mass is 9.97. The number of hydrogen-bond acceptors (Lipinski definition) is 4. The number of likely N-dealkylation sites (tertiary alicyclic amines) is 1. The molecule has 7 nitrogen and oxygen atoms in total. The topological polar surface area (TPSA) is 103 Å². The van der Waals surface area contributed by atoms with Crippen molar-refractivity contribution in [3.05, 3.63) is 62.8 Å². The fraction of sp³-hybridized carbons (Fsp3) is 0.429. The van der Waals surface area contributed by atoms with Crippen LogP contribution in [0, 0.1) is 19.8 Å². The SMILES string of the molecule is Cc1nc(C)c(CC(=O)N2CCC(Cc3ccc(CC(=O)O)cc3)C2)c(=O)[nH]1. The summed E-state index contributed by atoms with van der Waals surface area (Å²) >= 11 is 0. The van der Waals surface area contributed by atoms with Crippen molar-refractivity contribution < 1.29 is 14.7 Å². The molecule has 148 valence electrons. The molecule has 0 spiro atoms. The standard InChI is InChI=1S/C21H25N3O4/c1-13-18(21(28)23-14(2)22-13)11-19(25)24-8-7-17(12-24)9-15-3-5-16(6-4-15)10-20(26)27/h3-6,17H,7-12H2,1-2H3,(H,26,27)(H,22,23,28). The number of nitrogens with zero attached hydrogens (tertiary/aromatic N) is 2. The number of rotatable bonds is 6. The highest BCUT2D eigenvalue weighted by molar-refractivity contribution is 5.79. The number of carboxylic acids is 1. The van der Waals surface area contributed by atoms with Gasteiger partial charge in [-0.25, -0.2) is 4.98 Å². The molecule has 1 aromatic heterocycles. The maximum absolute atomic E-state index is 12.6. The normalized spacial score (nSPS) is 16.4. The molecular formula is C21H25N3O4. The zero-order valence-corrected chi connectivity index (χ0v) is 16.2. The van der Waals surface area contributed by atoms with E-state index in [9.17, 15) is 14.4 Å². The Morgan fingerprint density at radius 1 is 1.18 bits per heavy atom. The van der Waals surface area contributed by atoms with E-state index in [2.05, 4.69) is 9.97 Å². The molecule has 1 fully saturated rings. The molecule has 1 aromatic carbocycles. The van der Waals surface area contributed by atoms with Crippen LogP contribution < -0.4 is 5.56 Å². The quantitative estimate of drug-likeness (QED) is 0.789. The third kappa shape index (κ3) is 4.85. The van der Waals surface area contributed by atoms with Crippen LogP contribution in [0.15, 0.2) is 29.1 Å². The van der Waals surface area contributed by atoms with Crippen molar-refractivity contribution >= 4 is 11.9 Å². The molecule has 28 heavy (non-hydrogen) atoms. The van der Waals surface area contributed by atoms with E-state index in [4.69, 9.17) is 5.11 Å². The molecule has 1 aliphatic heterocycles.